The second-order valence-electron chi connectivity index (χ2n) is 5.75. The highest BCUT2D eigenvalue weighted by molar-refractivity contribution is 6.33. The zero-order valence-corrected chi connectivity index (χ0v) is 13.7. The minimum absolute atomic E-state index is 0.0699. The third-order valence-corrected chi connectivity index (χ3v) is 3.94. The van der Waals surface area contributed by atoms with Crippen LogP contribution in [0.1, 0.15) is 43.3 Å². The van der Waals surface area contributed by atoms with Crippen molar-refractivity contribution in [2.24, 2.45) is 0 Å². The van der Waals surface area contributed by atoms with Gasteiger partial charge in [0.1, 0.15) is 22.8 Å². The fraction of sp³-hybridized carbons (Fsp3) is 0.375. The predicted octanol–water partition coefficient (Wildman–Crippen LogP) is 4.36. The van der Waals surface area contributed by atoms with Crippen LogP contribution >= 0.6 is 11.6 Å². The monoisotopic (exact) mass is 324 g/mol. The van der Waals surface area contributed by atoms with Crippen molar-refractivity contribution in [3.8, 4) is 11.3 Å². The van der Waals surface area contributed by atoms with Crippen LogP contribution in [0, 0.1) is 12.7 Å². The summed E-state index contributed by atoms with van der Waals surface area (Å²) in [6, 6.07) is 4.30. The molecule has 0 fully saturated rings. The van der Waals surface area contributed by atoms with E-state index >= 15 is 0 Å². The summed E-state index contributed by atoms with van der Waals surface area (Å²) in [5, 5.41) is 6.90. The van der Waals surface area contributed by atoms with Crippen LogP contribution in [0.4, 0.5) is 4.39 Å². The van der Waals surface area contributed by atoms with Gasteiger partial charge in [0.25, 0.3) is 5.91 Å². The number of hydrogen-bond acceptors (Lipinski definition) is 3. The third kappa shape index (κ3) is 3.14. The van der Waals surface area contributed by atoms with Gasteiger partial charge in [0.2, 0.25) is 0 Å². The number of nitrogens with zero attached hydrogens (tertiary/aromatic N) is 1. The summed E-state index contributed by atoms with van der Waals surface area (Å²) in [6.07, 6.45) is 0.749. The summed E-state index contributed by atoms with van der Waals surface area (Å²) in [5.74, 6) is -0.594. The molecular weight excluding hydrogens is 307 g/mol. The summed E-state index contributed by atoms with van der Waals surface area (Å²) in [7, 11) is 0. The molecule has 6 heteroatoms. The molecule has 1 heterocycles. The SMILES string of the molecule is CCC(C)(C)NC(=O)c1c(-c2c(F)cccc2Cl)noc1C. The van der Waals surface area contributed by atoms with Gasteiger partial charge in [-0.2, -0.15) is 0 Å². The molecule has 0 aliphatic rings. The third-order valence-electron chi connectivity index (χ3n) is 3.63. The van der Waals surface area contributed by atoms with Crippen molar-refractivity contribution in [2.75, 3.05) is 0 Å². The molecule has 22 heavy (non-hydrogen) atoms. The van der Waals surface area contributed by atoms with Gasteiger partial charge < -0.3 is 9.84 Å². The van der Waals surface area contributed by atoms with Crippen LogP contribution in [0.5, 0.6) is 0 Å². The van der Waals surface area contributed by atoms with Gasteiger partial charge in [0.05, 0.1) is 10.6 Å². The van der Waals surface area contributed by atoms with Crippen molar-refractivity contribution in [1.82, 2.24) is 10.5 Å². The van der Waals surface area contributed by atoms with E-state index in [2.05, 4.69) is 10.5 Å². The van der Waals surface area contributed by atoms with Crippen molar-refractivity contribution < 1.29 is 13.7 Å². The van der Waals surface area contributed by atoms with E-state index in [0.717, 1.165) is 6.42 Å². The molecule has 0 saturated carbocycles. The lowest BCUT2D eigenvalue weighted by Crippen LogP contribution is -2.43. The van der Waals surface area contributed by atoms with Crippen LogP contribution in [0.2, 0.25) is 5.02 Å². The Kier molecular flexibility index (Phi) is 4.56. The maximum Gasteiger partial charge on any atom is 0.257 e. The Morgan fingerprint density at radius 3 is 2.73 bits per heavy atom. The van der Waals surface area contributed by atoms with Crippen molar-refractivity contribution in [3.63, 3.8) is 0 Å². The van der Waals surface area contributed by atoms with E-state index in [1.165, 1.54) is 12.1 Å². The number of rotatable bonds is 4. The highest BCUT2D eigenvalue weighted by Crippen LogP contribution is 2.33. The predicted molar refractivity (Wildman–Crippen MR) is 83.5 cm³/mol. The highest BCUT2D eigenvalue weighted by Gasteiger charge is 2.28. The van der Waals surface area contributed by atoms with E-state index in [1.807, 2.05) is 20.8 Å². The van der Waals surface area contributed by atoms with Crippen LogP contribution in [0.15, 0.2) is 22.7 Å². The number of aryl methyl sites for hydroxylation is 1. The fourth-order valence-corrected chi connectivity index (χ4v) is 2.24. The standard InChI is InChI=1S/C16H18ClFN2O2/c1-5-16(3,4)19-15(21)12-9(2)22-20-14(12)13-10(17)7-6-8-11(13)18/h6-8H,5H2,1-4H3,(H,19,21). The van der Waals surface area contributed by atoms with Gasteiger partial charge in [-0.05, 0) is 39.3 Å². The second kappa shape index (κ2) is 6.08. The first-order valence-electron chi connectivity index (χ1n) is 7.00. The molecule has 0 spiro atoms. The molecule has 4 nitrogen and oxygen atoms in total. The summed E-state index contributed by atoms with van der Waals surface area (Å²) in [6.45, 7) is 7.39. The van der Waals surface area contributed by atoms with Crippen molar-refractivity contribution >= 4 is 17.5 Å². The summed E-state index contributed by atoms with van der Waals surface area (Å²) < 4.78 is 19.2. The number of aromatic nitrogens is 1. The number of benzene rings is 1. The summed E-state index contributed by atoms with van der Waals surface area (Å²) >= 11 is 6.06. The minimum atomic E-state index is -0.551. The first-order valence-corrected chi connectivity index (χ1v) is 7.38. The highest BCUT2D eigenvalue weighted by atomic mass is 35.5. The molecule has 1 N–H and O–H groups in total. The van der Waals surface area contributed by atoms with Gasteiger partial charge in [0.15, 0.2) is 0 Å². The number of halogens is 2. The lowest BCUT2D eigenvalue weighted by atomic mass is 9.99. The smallest absolute Gasteiger partial charge is 0.257 e. The van der Waals surface area contributed by atoms with E-state index in [1.54, 1.807) is 13.0 Å². The largest absolute Gasteiger partial charge is 0.360 e. The van der Waals surface area contributed by atoms with Gasteiger partial charge in [-0.3, -0.25) is 4.79 Å². The lowest BCUT2D eigenvalue weighted by molar-refractivity contribution is 0.0910. The lowest BCUT2D eigenvalue weighted by Gasteiger charge is -2.24. The van der Waals surface area contributed by atoms with E-state index in [-0.39, 0.29) is 27.8 Å². The first kappa shape index (κ1) is 16.5. The Balaban J connectivity index is 2.52. The van der Waals surface area contributed by atoms with Gasteiger partial charge in [-0.1, -0.05) is 29.7 Å². The summed E-state index contributed by atoms with van der Waals surface area (Å²) in [5.41, 5.74) is -0.00381. The van der Waals surface area contributed by atoms with Crippen molar-refractivity contribution in [1.29, 1.82) is 0 Å². The van der Waals surface area contributed by atoms with E-state index < -0.39 is 11.4 Å². The van der Waals surface area contributed by atoms with Crippen LogP contribution in [-0.2, 0) is 0 Å². The average Bonchev–Trinajstić information content (AvgIpc) is 2.80. The zero-order chi connectivity index (χ0) is 16.5. The first-order chi connectivity index (χ1) is 10.3. The van der Waals surface area contributed by atoms with E-state index in [0.29, 0.717) is 5.76 Å². The van der Waals surface area contributed by atoms with Crippen molar-refractivity contribution in [3.05, 3.63) is 40.4 Å². The van der Waals surface area contributed by atoms with Crippen LogP contribution in [-0.4, -0.2) is 16.6 Å². The number of amides is 1. The maximum absolute atomic E-state index is 14.1. The topological polar surface area (TPSA) is 55.1 Å². The molecule has 1 amide bonds. The number of carbonyl (C=O) groups excluding carboxylic acids is 1. The second-order valence-corrected chi connectivity index (χ2v) is 6.16. The van der Waals surface area contributed by atoms with Gasteiger partial charge in [0, 0.05) is 5.54 Å². The molecule has 2 rings (SSSR count). The Morgan fingerprint density at radius 2 is 2.14 bits per heavy atom. The molecule has 118 valence electrons. The van der Waals surface area contributed by atoms with Gasteiger partial charge >= 0.3 is 0 Å². The molecule has 0 radical (unpaired) electrons. The molecule has 0 bridgehead atoms. The van der Waals surface area contributed by atoms with Gasteiger partial charge in [-0.25, -0.2) is 4.39 Å². The van der Waals surface area contributed by atoms with Crippen LogP contribution in [0.25, 0.3) is 11.3 Å². The van der Waals surface area contributed by atoms with E-state index in [9.17, 15) is 9.18 Å². The maximum atomic E-state index is 14.1. The minimum Gasteiger partial charge on any atom is -0.360 e. The normalized spacial score (nSPS) is 11.5. The Bertz CT molecular complexity index is 690. The molecule has 0 atom stereocenters. The molecule has 1 aromatic carbocycles. The molecule has 0 saturated heterocycles. The van der Waals surface area contributed by atoms with Crippen LogP contribution < -0.4 is 5.32 Å². The Hall–Kier alpha value is -1.88. The number of carbonyl (C=O) groups is 1. The van der Waals surface area contributed by atoms with Crippen LogP contribution in [0.3, 0.4) is 0 Å². The molecule has 0 aliphatic carbocycles. The Morgan fingerprint density at radius 1 is 1.45 bits per heavy atom. The molecule has 2 aromatic rings. The molecule has 1 aromatic heterocycles. The average molecular weight is 325 g/mol. The van der Waals surface area contributed by atoms with E-state index in [4.69, 9.17) is 16.1 Å². The Labute approximate surface area is 133 Å². The quantitative estimate of drug-likeness (QED) is 0.909. The molecule has 0 aliphatic heterocycles. The number of nitrogens with one attached hydrogen (secondary N) is 1. The fourth-order valence-electron chi connectivity index (χ4n) is 1.99. The van der Waals surface area contributed by atoms with Gasteiger partial charge in [-0.15, -0.1) is 0 Å². The number of hydrogen-bond donors (Lipinski definition) is 1. The molecular formula is C16H18ClFN2O2. The van der Waals surface area contributed by atoms with Crippen molar-refractivity contribution in [2.45, 2.75) is 39.7 Å². The summed E-state index contributed by atoms with van der Waals surface area (Å²) in [4.78, 5) is 12.5. The zero-order valence-electron chi connectivity index (χ0n) is 13.0. The molecule has 0 unspecified atom stereocenters.